The highest BCUT2D eigenvalue weighted by Gasteiger charge is 2.07. The maximum atomic E-state index is 5.32. The van der Waals surface area contributed by atoms with Crippen LogP contribution in [0.3, 0.4) is 0 Å². The van der Waals surface area contributed by atoms with Gasteiger partial charge in [0.15, 0.2) is 0 Å². The normalized spacial score (nSPS) is 11.3. The van der Waals surface area contributed by atoms with Crippen LogP contribution in [-0.2, 0) is 13.1 Å². The molecule has 0 unspecified atom stereocenters. The van der Waals surface area contributed by atoms with Crippen LogP contribution in [0, 0.1) is 0 Å². The minimum atomic E-state index is 0.778. The molecule has 0 radical (unpaired) electrons. The summed E-state index contributed by atoms with van der Waals surface area (Å²) in [7, 11) is 0. The first-order valence-electron chi connectivity index (χ1n) is 7.62. The van der Waals surface area contributed by atoms with E-state index in [1.807, 2.05) is 67.0 Å². The summed E-state index contributed by atoms with van der Waals surface area (Å²) in [6.45, 7) is 2.35. The van der Waals surface area contributed by atoms with Gasteiger partial charge >= 0.3 is 0 Å². The maximum Gasteiger partial charge on any atom is 0.126 e. The van der Waals surface area contributed by atoms with Crippen molar-refractivity contribution in [1.82, 2.24) is 14.9 Å². The van der Waals surface area contributed by atoms with Crippen LogP contribution in [0.5, 0.6) is 0 Å². The molecule has 23 heavy (non-hydrogen) atoms. The van der Waals surface area contributed by atoms with E-state index in [1.54, 1.807) is 6.26 Å². The molecule has 0 aliphatic carbocycles. The molecule has 4 nitrogen and oxygen atoms in total. The van der Waals surface area contributed by atoms with E-state index in [1.165, 1.54) is 0 Å². The molecule has 4 heteroatoms. The first kappa shape index (κ1) is 15.2. The number of aromatic nitrogens is 2. The van der Waals surface area contributed by atoms with E-state index in [4.69, 9.17) is 4.42 Å². The van der Waals surface area contributed by atoms with Gasteiger partial charge in [0.25, 0.3) is 0 Å². The lowest BCUT2D eigenvalue weighted by Gasteiger charge is -2.19. The van der Waals surface area contributed by atoms with Gasteiger partial charge in [-0.05, 0) is 42.5 Å². The summed E-state index contributed by atoms with van der Waals surface area (Å²) in [5, 5.41) is 0. The van der Waals surface area contributed by atoms with Crippen molar-refractivity contribution in [3.8, 4) is 0 Å². The van der Waals surface area contributed by atoms with Crippen LogP contribution in [0.25, 0.3) is 6.08 Å². The summed E-state index contributed by atoms with van der Waals surface area (Å²) in [6, 6.07) is 15.8. The van der Waals surface area contributed by atoms with E-state index in [2.05, 4.69) is 20.9 Å². The van der Waals surface area contributed by atoms with Gasteiger partial charge in [0.1, 0.15) is 5.76 Å². The molecule has 0 saturated heterocycles. The molecule has 0 aromatic carbocycles. The van der Waals surface area contributed by atoms with Gasteiger partial charge in [-0.3, -0.25) is 14.9 Å². The number of rotatable bonds is 7. The average molecular weight is 305 g/mol. The van der Waals surface area contributed by atoms with Crippen LogP contribution < -0.4 is 0 Å². The molecule has 116 valence electrons. The molecule has 3 heterocycles. The lowest BCUT2D eigenvalue weighted by Crippen LogP contribution is -2.23. The third-order valence-corrected chi connectivity index (χ3v) is 3.41. The minimum absolute atomic E-state index is 0.778. The Labute approximate surface area is 136 Å². The van der Waals surface area contributed by atoms with Gasteiger partial charge < -0.3 is 4.42 Å². The molecule has 0 spiro atoms. The Morgan fingerprint density at radius 1 is 0.870 bits per heavy atom. The molecule has 3 aromatic rings. The zero-order valence-electron chi connectivity index (χ0n) is 12.9. The molecular formula is C19H19N3O. The number of pyridine rings is 2. The van der Waals surface area contributed by atoms with Crippen molar-refractivity contribution in [3.05, 3.63) is 90.4 Å². The quantitative estimate of drug-likeness (QED) is 0.666. The minimum Gasteiger partial charge on any atom is -0.465 e. The smallest absolute Gasteiger partial charge is 0.126 e. The van der Waals surface area contributed by atoms with Crippen molar-refractivity contribution in [3.63, 3.8) is 0 Å². The molecule has 0 N–H and O–H groups in total. The predicted octanol–water partition coefficient (Wildman–Crippen LogP) is 3.79. The van der Waals surface area contributed by atoms with Gasteiger partial charge in [-0.1, -0.05) is 18.2 Å². The van der Waals surface area contributed by atoms with Gasteiger partial charge in [0.05, 0.1) is 17.7 Å². The van der Waals surface area contributed by atoms with Crippen LogP contribution in [0.1, 0.15) is 17.1 Å². The van der Waals surface area contributed by atoms with Gasteiger partial charge in [-0.2, -0.15) is 0 Å². The van der Waals surface area contributed by atoms with Crippen LogP contribution in [0.15, 0.2) is 77.7 Å². The Bertz CT molecular complexity index is 667. The fourth-order valence-electron chi connectivity index (χ4n) is 2.33. The molecule has 3 rings (SSSR count). The number of nitrogens with zero attached hydrogens (tertiary/aromatic N) is 3. The SMILES string of the molecule is C(=C\c1ccco1)/CN(Cc1ccccn1)Cc1ccccn1. The largest absolute Gasteiger partial charge is 0.465 e. The summed E-state index contributed by atoms with van der Waals surface area (Å²) in [5.41, 5.74) is 2.10. The van der Waals surface area contributed by atoms with E-state index >= 15 is 0 Å². The van der Waals surface area contributed by atoms with E-state index < -0.39 is 0 Å². The zero-order valence-corrected chi connectivity index (χ0v) is 12.9. The van der Waals surface area contributed by atoms with Crippen molar-refractivity contribution in [1.29, 1.82) is 0 Å². The highest BCUT2D eigenvalue weighted by Crippen LogP contribution is 2.08. The topological polar surface area (TPSA) is 42.2 Å². The molecule has 3 aromatic heterocycles. The first-order valence-corrected chi connectivity index (χ1v) is 7.62. The second-order valence-electron chi connectivity index (χ2n) is 5.23. The Hall–Kier alpha value is -2.72. The third-order valence-electron chi connectivity index (χ3n) is 3.41. The van der Waals surface area contributed by atoms with E-state index in [0.29, 0.717) is 0 Å². The highest BCUT2D eigenvalue weighted by atomic mass is 16.3. The lowest BCUT2D eigenvalue weighted by molar-refractivity contribution is 0.279. The summed E-state index contributed by atoms with van der Waals surface area (Å²) in [5.74, 6) is 0.862. The van der Waals surface area contributed by atoms with Crippen molar-refractivity contribution < 1.29 is 4.42 Å². The summed E-state index contributed by atoms with van der Waals surface area (Å²) in [6.07, 6.45) is 9.42. The maximum absolute atomic E-state index is 5.32. The Morgan fingerprint density at radius 2 is 1.57 bits per heavy atom. The van der Waals surface area contributed by atoms with E-state index in [9.17, 15) is 0 Å². The van der Waals surface area contributed by atoms with Gasteiger partial charge in [0, 0.05) is 32.0 Å². The first-order chi connectivity index (χ1) is 11.4. The molecule has 0 amide bonds. The molecule has 0 saturated carbocycles. The number of hydrogen-bond donors (Lipinski definition) is 0. The number of hydrogen-bond acceptors (Lipinski definition) is 4. The second-order valence-corrected chi connectivity index (χ2v) is 5.23. The van der Waals surface area contributed by atoms with Crippen molar-refractivity contribution in [2.75, 3.05) is 6.54 Å². The highest BCUT2D eigenvalue weighted by molar-refractivity contribution is 5.42. The second kappa shape index (κ2) is 8.06. The van der Waals surface area contributed by atoms with Gasteiger partial charge in [-0.15, -0.1) is 0 Å². The fraction of sp³-hybridized carbons (Fsp3) is 0.158. The molecule has 0 bridgehead atoms. The van der Waals surface area contributed by atoms with Crippen molar-refractivity contribution in [2.45, 2.75) is 13.1 Å². The Balaban J connectivity index is 1.67. The zero-order chi connectivity index (χ0) is 15.7. The summed E-state index contributed by atoms with van der Waals surface area (Å²) < 4.78 is 5.32. The van der Waals surface area contributed by atoms with Gasteiger partial charge in [0.2, 0.25) is 0 Å². The van der Waals surface area contributed by atoms with Crippen LogP contribution in [-0.4, -0.2) is 21.4 Å². The standard InChI is InChI=1S/C19H19N3O/c1-3-11-20-17(7-1)15-22(16-18-8-2-4-12-21-18)13-5-9-19-10-6-14-23-19/h1-12,14H,13,15-16H2/b9-5+. The average Bonchev–Trinajstić information content (AvgIpc) is 3.10. The Morgan fingerprint density at radius 3 is 2.09 bits per heavy atom. The third kappa shape index (κ3) is 4.90. The molecule has 0 aliphatic rings. The van der Waals surface area contributed by atoms with Crippen LogP contribution >= 0.6 is 0 Å². The van der Waals surface area contributed by atoms with Crippen LogP contribution in [0.4, 0.5) is 0 Å². The molecular weight excluding hydrogens is 286 g/mol. The van der Waals surface area contributed by atoms with Gasteiger partial charge in [-0.25, -0.2) is 0 Å². The van der Waals surface area contributed by atoms with Crippen molar-refractivity contribution >= 4 is 6.08 Å². The predicted molar refractivity (Wildman–Crippen MR) is 90.3 cm³/mol. The lowest BCUT2D eigenvalue weighted by atomic mass is 10.2. The van der Waals surface area contributed by atoms with Crippen LogP contribution in [0.2, 0.25) is 0 Å². The van der Waals surface area contributed by atoms with E-state index in [0.717, 1.165) is 36.8 Å². The molecule has 0 aliphatic heterocycles. The Kier molecular flexibility index (Phi) is 5.32. The number of furan rings is 1. The summed E-state index contributed by atoms with van der Waals surface area (Å²) in [4.78, 5) is 11.1. The van der Waals surface area contributed by atoms with Crippen molar-refractivity contribution in [2.24, 2.45) is 0 Å². The summed E-state index contributed by atoms with van der Waals surface area (Å²) >= 11 is 0. The molecule has 0 atom stereocenters. The van der Waals surface area contributed by atoms with E-state index in [-0.39, 0.29) is 0 Å². The monoisotopic (exact) mass is 305 g/mol. The molecule has 0 fully saturated rings. The fourth-order valence-corrected chi connectivity index (χ4v) is 2.33.